The molecule has 1 aliphatic rings. The van der Waals surface area contributed by atoms with Crippen LogP contribution in [0.2, 0.25) is 0 Å². The minimum Gasteiger partial charge on any atom is -0.505 e. The van der Waals surface area contributed by atoms with Crippen LogP contribution in [-0.4, -0.2) is 51.4 Å². The van der Waals surface area contributed by atoms with Gasteiger partial charge in [0.05, 0.1) is 0 Å². The number of halogens is 2. The number of hydrogen-bond acceptors (Lipinski definition) is 4. The Kier molecular flexibility index (Phi) is 6.24. The van der Waals surface area contributed by atoms with Crippen LogP contribution in [0.3, 0.4) is 0 Å². The fourth-order valence-electron chi connectivity index (χ4n) is 2.99. The summed E-state index contributed by atoms with van der Waals surface area (Å²) < 4.78 is 30.0. The van der Waals surface area contributed by atoms with E-state index in [1.165, 1.54) is 0 Å². The van der Waals surface area contributed by atoms with Crippen molar-refractivity contribution in [3.63, 3.8) is 0 Å². The summed E-state index contributed by atoms with van der Waals surface area (Å²) in [5.41, 5.74) is 1.91. The van der Waals surface area contributed by atoms with Crippen molar-refractivity contribution < 1.29 is 18.1 Å². The van der Waals surface area contributed by atoms with Crippen LogP contribution in [0.25, 0.3) is 5.76 Å². The van der Waals surface area contributed by atoms with Gasteiger partial charge in [-0.1, -0.05) is 30.3 Å². The summed E-state index contributed by atoms with van der Waals surface area (Å²) in [6.07, 6.45) is 1.12. The van der Waals surface area contributed by atoms with Gasteiger partial charge in [0.15, 0.2) is 5.78 Å². The second kappa shape index (κ2) is 8.82. The minimum atomic E-state index is -3.00. The lowest BCUT2D eigenvalue weighted by Gasteiger charge is -2.34. The molecule has 1 fully saturated rings. The third-order valence-corrected chi connectivity index (χ3v) is 4.56. The van der Waals surface area contributed by atoms with Crippen molar-refractivity contribution in [2.45, 2.75) is 0 Å². The van der Waals surface area contributed by atoms with Crippen molar-refractivity contribution in [1.29, 1.82) is 0 Å². The highest BCUT2D eigenvalue weighted by Crippen LogP contribution is 2.21. The van der Waals surface area contributed by atoms with Gasteiger partial charge in [0.2, 0.25) is 0 Å². The van der Waals surface area contributed by atoms with Crippen LogP contribution >= 0.6 is 0 Å². The van der Waals surface area contributed by atoms with Crippen LogP contribution in [0.15, 0.2) is 60.7 Å². The molecule has 0 radical (unpaired) electrons. The fourth-order valence-corrected chi connectivity index (χ4v) is 2.99. The molecular formula is C20H21BF2N2O2. The van der Waals surface area contributed by atoms with Gasteiger partial charge >= 0.3 is 7.47 Å². The van der Waals surface area contributed by atoms with E-state index in [4.69, 9.17) is 0 Å². The van der Waals surface area contributed by atoms with Gasteiger partial charge < -0.3 is 14.5 Å². The van der Waals surface area contributed by atoms with Gasteiger partial charge in [0.25, 0.3) is 0 Å². The van der Waals surface area contributed by atoms with Crippen molar-refractivity contribution in [3.05, 3.63) is 71.8 Å². The maximum absolute atomic E-state index is 12.7. The van der Waals surface area contributed by atoms with E-state index in [9.17, 15) is 13.4 Å². The van der Waals surface area contributed by atoms with Gasteiger partial charge in [-0.05, 0) is 31.3 Å². The van der Waals surface area contributed by atoms with Crippen LogP contribution in [0.1, 0.15) is 15.9 Å². The predicted molar refractivity (Wildman–Crippen MR) is 104 cm³/mol. The zero-order valence-electron chi connectivity index (χ0n) is 15.1. The first-order valence-electron chi connectivity index (χ1n) is 8.83. The summed E-state index contributed by atoms with van der Waals surface area (Å²) >= 11 is 0. The van der Waals surface area contributed by atoms with E-state index in [-0.39, 0.29) is 11.5 Å². The Morgan fingerprint density at radius 1 is 0.963 bits per heavy atom. The zero-order chi connectivity index (χ0) is 19.2. The second-order valence-electron chi connectivity index (χ2n) is 6.45. The molecule has 0 saturated carbocycles. The molecule has 0 unspecified atom stereocenters. The number of hydrogen-bond donors (Lipinski definition) is 0. The van der Waals surface area contributed by atoms with Gasteiger partial charge in [-0.2, -0.15) is 0 Å². The first-order valence-corrected chi connectivity index (χ1v) is 8.83. The molecule has 1 saturated heterocycles. The summed E-state index contributed by atoms with van der Waals surface area (Å²) in [6, 6.07) is 15.6. The number of anilines is 1. The largest absolute Gasteiger partial charge is 0.796 e. The Morgan fingerprint density at radius 3 is 2.19 bits per heavy atom. The van der Waals surface area contributed by atoms with Crippen LogP contribution < -0.4 is 4.90 Å². The average Bonchev–Trinajstić information content (AvgIpc) is 2.68. The standard InChI is InChI=1S/C20H21BF2N2O2/c1-24-11-13-25(14-12-24)18-9-7-16(8-10-18)19(26)15-20(27-21(22)23)17-5-3-2-4-6-17/h2-10,15H,11-14H2,1H3/b20-15-. The summed E-state index contributed by atoms with van der Waals surface area (Å²) in [5.74, 6) is -0.516. The smallest absolute Gasteiger partial charge is 0.505 e. The maximum Gasteiger partial charge on any atom is 0.796 e. The molecule has 3 rings (SSSR count). The Morgan fingerprint density at radius 2 is 1.59 bits per heavy atom. The monoisotopic (exact) mass is 370 g/mol. The average molecular weight is 370 g/mol. The Bertz CT molecular complexity index is 789. The molecule has 0 aromatic heterocycles. The lowest BCUT2D eigenvalue weighted by molar-refractivity contribution is 0.104. The molecule has 0 amide bonds. The first-order chi connectivity index (χ1) is 13.0. The van der Waals surface area contributed by atoms with E-state index < -0.39 is 7.47 Å². The third kappa shape index (κ3) is 5.17. The topological polar surface area (TPSA) is 32.8 Å². The quantitative estimate of drug-likeness (QED) is 0.337. The lowest BCUT2D eigenvalue weighted by atomic mass is 10.1. The van der Waals surface area contributed by atoms with E-state index in [0.29, 0.717) is 11.1 Å². The van der Waals surface area contributed by atoms with E-state index >= 15 is 0 Å². The summed E-state index contributed by atoms with van der Waals surface area (Å²) in [6.45, 7) is 3.86. The molecule has 0 aliphatic carbocycles. The van der Waals surface area contributed by atoms with E-state index in [1.54, 1.807) is 42.5 Å². The normalized spacial score (nSPS) is 15.5. The van der Waals surface area contributed by atoms with Gasteiger partial charge in [-0.3, -0.25) is 4.79 Å². The van der Waals surface area contributed by atoms with E-state index in [2.05, 4.69) is 21.5 Å². The number of likely N-dealkylation sites (N-methyl/N-ethyl adjacent to an activating group) is 1. The van der Waals surface area contributed by atoms with Gasteiger partial charge in [-0.25, -0.2) is 8.63 Å². The number of rotatable bonds is 6. The molecular weight excluding hydrogens is 349 g/mol. The van der Waals surface area contributed by atoms with Crippen molar-refractivity contribution in [2.24, 2.45) is 0 Å². The molecule has 27 heavy (non-hydrogen) atoms. The van der Waals surface area contributed by atoms with Crippen LogP contribution in [-0.2, 0) is 4.65 Å². The maximum atomic E-state index is 12.7. The fraction of sp³-hybridized carbons (Fsp3) is 0.250. The molecule has 2 aromatic carbocycles. The van der Waals surface area contributed by atoms with Gasteiger partial charge in [0, 0.05) is 49.1 Å². The summed E-state index contributed by atoms with van der Waals surface area (Å²) in [7, 11) is -0.902. The second-order valence-corrected chi connectivity index (χ2v) is 6.45. The molecule has 140 valence electrons. The molecule has 1 aliphatic heterocycles. The summed E-state index contributed by atoms with van der Waals surface area (Å²) in [5, 5.41) is 0. The van der Waals surface area contributed by atoms with Crippen molar-refractivity contribution >= 4 is 24.7 Å². The Balaban J connectivity index is 1.76. The molecule has 7 heteroatoms. The molecule has 0 bridgehead atoms. The van der Waals surface area contributed by atoms with E-state index in [1.807, 2.05) is 12.1 Å². The molecule has 2 aromatic rings. The highest BCUT2D eigenvalue weighted by atomic mass is 19.2. The molecule has 1 heterocycles. The van der Waals surface area contributed by atoms with Crippen LogP contribution in [0.4, 0.5) is 14.3 Å². The minimum absolute atomic E-state index is 0.140. The Hall–Kier alpha value is -2.67. The number of ketones is 1. The molecule has 0 N–H and O–H groups in total. The third-order valence-electron chi connectivity index (χ3n) is 4.56. The number of piperazine rings is 1. The zero-order valence-corrected chi connectivity index (χ0v) is 15.1. The number of carbonyl (C=O) groups is 1. The van der Waals surface area contributed by atoms with Gasteiger partial charge in [-0.15, -0.1) is 0 Å². The predicted octanol–water partition coefficient (Wildman–Crippen LogP) is 3.60. The summed E-state index contributed by atoms with van der Waals surface area (Å²) in [4.78, 5) is 17.1. The highest BCUT2D eigenvalue weighted by Gasteiger charge is 2.21. The number of benzene rings is 2. The number of carbonyl (C=O) groups excluding carboxylic acids is 1. The lowest BCUT2D eigenvalue weighted by Crippen LogP contribution is -2.44. The van der Waals surface area contributed by atoms with Gasteiger partial charge in [0.1, 0.15) is 5.76 Å². The molecule has 0 atom stereocenters. The molecule has 0 spiro atoms. The van der Waals surface area contributed by atoms with Crippen molar-refractivity contribution in [2.75, 3.05) is 38.1 Å². The molecule has 4 nitrogen and oxygen atoms in total. The Labute approximate surface area is 158 Å². The van der Waals surface area contributed by atoms with Crippen molar-refractivity contribution in [1.82, 2.24) is 4.90 Å². The van der Waals surface area contributed by atoms with E-state index in [0.717, 1.165) is 37.9 Å². The SMILES string of the molecule is CN1CCN(c2ccc(C(=O)/C=C(\OB(F)F)c3ccccc3)cc2)CC1. The highest BCUT2D eigenvalue weighted by molar-refractivity contribution is 6.36. The first kappa shape index (κ1) is 19.1. The van der Waals surface area contributed by atoms with Crippen LogP contribution in [0.5, 0.6) is 0 Å². The number of nitrogens with zero attached hydrogens (tertiary/aromatic N) is 2. The van der Waals surface area contributed by atoms with Crippen molar-refractivity contribution in [3.8, 4) is 0 Å². The number of allylic oxidation sites excluding steroid dienone is 1. The van der Waals surface area contributed by atoms with Crippen LogP contribution in [0, 0.1) is 0 Å².